The van der Waals surface area contributed by atoms with Crippen molar-refractivity contribution in [3.63, 3.8) is 0 Å². The number of carbonyl (C=O) groups is 1. The number of halogens is 2. The van der Waals surface area contributed by atoms with Crippen LogP contribution >= 0.6 is 0 Å². The van der Waals surface area contributed by atoms with Gasteiger partial charge in [-0.3, -0.25) is 0 Å². The van der Waals surface area contributed by atoms with Crippen LogP contribution in [-0.4, -0.2) is 12.6 Å². The third kappa shape index (κ3) is 2.75. The minimum Gasteiger partial charge on any atom is -0.464 e. The zero-order valence-corrected chi connectivity index (χ0v) is 8.59. The molecule has 1 rings (SSSR count). The van der Waals surface area contributed by atoms with Crippen LogP contribution in [0.4, 0.5) is 8.78 Å². The fourth-order valence-corrected chi connectivity index (χ4v) is 1.27. The second kappa shape index (κ2) is 4.87. The Morgan fingerprint density at radius 3 is 2.73 bits per heavy atom. The Morgan fingerprint density at radius 2 is 2.20 bits per heavy atom. The second-order valence-electron chi connectivity index (χ2n) is 3.12. The maximum absolute atomic E-state index is 13.5. The summed E-state index contributed by atoms with van der Waals surface area (Å²) in [7, 11) is 0. The molecule has 0 spiro atoms. The van der Waals surface area contributed by atoms with E-state index in [0.29, 0.717) is 5.56 Å². The largest absolute Gasteiger partial charge is 0.464 e. The van der Waals surface area contributed by atoms with Gasteiger partial charge in [0.05, 0.1) is 6.61 Å². The van der Waals surface area contributed by atoms with Gasteiger partial charge in [-0.25, -0.2) is 13.6 Å². The topological polar surface area (TPSA) is 26.3 Å². The van der Waals surface area contributed by atoms with E-state index in [2.05, 4.69) is 4.74 Å². The van der Waals surface area contributed by atoms with Crippen LogP contribution in [0.5, 0.6) is 0 Å². The van der Waals surface area contributed by atoms with E-state index in [1.54, 1.807) is 13.8 Å². The summed E-state index contributed by atoms with van der Waals surface area (Å²) in [6.07, 6.45) is -1.84. The maximum Gasteiger partial charge on any atom is 0.345 e. The number of carbonyl (C=O) groups excluding carboxylic acids is 1. The number of rotatable bonds is 3. The molecule has 0 heterocycles. The van der Waals surface area contributed by atoms with Gasteiger partial charge in [-0.1, -0.05) is 6.07 Å². The summed E-state index contributed by atoms with van der Waals surface area (Å²) >= 11 is 0. The van der Waals surface area contributed by atoms with E-state index in [-0.39, 0.29) is 12.2 Å². The van der Waals surface area contributed by atoms with Gasteiger partial charge in [-0.15, -0.1) is 0 Å². The third-order valence-electron chi connectivity index (χ3n) is 2.00. The molecular formula is C11H12F2O2. The Morgan fingerprint density at radius 1 is 1.53 bits per heavy atom. The highest BCUT2D eigenvalue weighted by Crippen LogP contribution is 2.23. The average molecular weight is 214 g/mol. The Bertz CT molecular complexity index is 364. The Hall–Kier alpha value is -1.45. The monoisotopic (exact) mass is 214 g/mol. The molecule has 0 amide bonds. The van der Waals surface area contributed by atoms with Crippen molar-refractivity contribution < 1.29 is 18.3 Å². The Kier molecular flexibility index (Phi) is 3.77. The van der Waals surface area contributed by atoms with E-state index in [4.69, 9.17) is 0 Å². The number of aryl methyl sites for hydroxylation is 1. The summed E-state index contributed by atoms with van der Waals surface area (Å²) in [5.41, 5.74) is 0.547. The molecule has 0 N–H and O–H groups in total. The molecule has 1 aromatic carbocycles. The first-order chi connectivity index (χ1) is 7.06. The third-order valence-corrected chi connectivity index (χ3v) is 2.00. The number of hydrogen-bond acceptors (Lipinski definition) is 2. The van der Waals surface area contributed by atoms with Crippen molar-refractivity contribution in [2.45, 2.75) is 20.0 Å². The van der Waals surface area contributed by atoms with Gasteiger partial charge in [-0.05, 0) is 31.5 Å². The molecule has 0 radical (unpaired) electrons. The van der Waals surface area contributed by atoms with Gasteiger partial charge in [-0.2, -0.15) is 0 Å². The maximum atomic E-state index is 13.5. The minimum atomic E-state index is -1.84. The molecule has 0 saturated heterocycles. The lowest BCUT2D eigenvalue weighted by Gasteiger charge is -2.10. The van der Waals surface area contributed by atoms with Crippen LogP contribution in [0.2, 0.25) is 0 Å². The zero-order valence-electron chi connectivity index (χ0n) is 8.59. The first kappa shape index (κ1) is 11.6. The van der Waals surface area contributed by atoms with E-state index in [9.17, 15) is 13.6 Å². The van der Waals surface area contributed by atoms with Crippen LogP contribution < -0.4 is 0 Å². The Labute approximate surface area is 86.9 Å². The lowest BCUT2D eigenvalue weighted by Crippen LogP contribution is -2.13. The zero-order chi connectivity index (χ0) is 11.4. The normalized spacial score (nSPS) is 12.3. The molecule has 82 valence electrons. The number of alkyl halides is 1. The van der Waals surface area contributed by atoms with Crippen molar-refractivity contribution in [3.05, 3.63) is 35.1 Å². The molecule has 0 aliphatic rings. The number of benzene rings is 1. The lowest BCUT2D eigenvalue weighted by molar-refractivity contribution is -0.149. The highest BCUT2D eigenvalue weighted by Gasteiger charge is 2.22. The predicted octanol–water partition coefficient (Wildman–Crippen LogP) is 2.71. The van der Waals surface area contributed by atoms with Crippen LogP contribution in [0, 0.1) is 12.7 Å². The van der Waals surface area contributed by atoms with E-state index in [0.717, 1.165) is 6.07 Å². The summed E-state index contributed by atoms with van der Waals surface area (Å²) in [6.45, 7) is 3.27. The van der Waals surface area contributed by atoms with Crippen molar-refractivity contribution in [2.75, 3.05) is 6.61 Å². The quantitative estimate of drug-likeness (QED) is 0.723. The van der Waals surface area contributed by atoms with Crippen molar-refractivity contribution in [3.8, 4) is 0 Å². The molecule has 0 aliphatic heterocycles. The number of esters is 1. The molecule has 0 fully saturated rings. The molecule has 0 aliphatic carbocycles. The SMILES string of the molecule is CCOC(=O)C(F)c1ccc(F)cc1C. The van der Waals surface area contributed by atoms with Crippen LogP contribution in [0.25, 0.3) is 0 Å². The number of ether oxygens (including phenoxy) is 1. The molecule has 0 bridgehead atoms. The van der Waals surface area contributed by atoms with E-state index < -0.39 is 18.0 Å². The molecule has 0 aromatic heterocycles. The van der Waals surface area contributed by atoms with Crippen LogP contribution in [-0.2, 0) is 9.53 Å². The molecule has 1 unspecified atom stereocenters. The summed E-state index contributed by atoms with van der Waals surface area (Å²) in [5.74, 6) is -1.39. The van der Waals surface area contributed by atoms with Gasteiger partial charge < -0.3 is 4.74 Å². The highest BCUT2D eigenvalue weighted by atomic mass is 19.1. The standard InChI is InChI=1S/C11H12F2O2/c1-3-15-11(14)10(13)9-5-4-8(12)6-7(9)2/h4-6,10H,3H2,1-2H3. The fraction of sp³-hybridized carbons (Fsp3) is 0.364. The summed E-state index contributed by atoms with van der Waals surface area (Å²) < 4.78 is 30.8. The van der Waals surface area contributed by atoms with Crippen molar-refractivity contribution in [2.24, 2.45) is 0 Å². The lowest BCUT2D eigenvalue weighted by atomic mass is 10.0. The molecule has 15 heavy (non-hydrogen) atoms. The van der Waals surface area contributed by atoms with E-state index in [1.807, 2.05) is 0 Å². The Balaban J connectivity index is 2.91. The van der Waals surface area contributed by atoms with Crippen LogP contribution in [0.1, 0.15) is 24.2 Å². The smallest absolute Gasteiger partial charge is 0.345 e. The fourth-order valence-electron chi connectivity index (χ4n) is 1.27. The first-order valence-electron chi connectivity index (χ1n) is 4.63. The first-order valence-corrected chi connectivity index (χ1v) is 4.63. The van der Waals surface area contributed by atoms with Crippen molar-refractivity contribution >= 4 is 5.97 Å². The van der Waals surface area contributed by atoms with E-state index in [1.165, 1.54) is 12.1 Å². The van der Waals surface area contributed by atoms with Gasteiger partial charge in [0, 0.05) is 5.56 Å². The van der Waals surface area contributed by atoms with Gasteiger partial charge in [0.1, 0.15) is 5.82 Å². The highest BCUT2D eigenvalue weighted by molar-refractivity contribution is 5.76. The second-order valence-corrected chi connectivity index (χ2v) is 3.12. The molecule has 1 atom stereocenters. The van der Waals surface area contributed by atoms with Crippen LogP contribution in [0.3, 0.4) is 0 Å². The summed E-state index contributed by atoms with van der Waals surface area (Å²) in [4.78, 5) is 11.1. The molecular weight excluding hydrogens is 202 g/mol. The molecule has 1 aromatic rings. The van der Waals surface area contributed by atoms with Gasteiger partial charge in [0.25, 0.3) is 0 Å². The van der Waals surface area contributed by atoms with E-state index >= 15 is 0 Å². The predicted molar refractivity (Wildman–Crippen MR) is 51.6 cm³/mol. The molecule has 0 saturated carbocycles. The molecule has 4 heteroatoms. The van der Waals surface area contributed by atoms with Gasteiger partial charge >= 0.3 is 5.97 Å². The van der Waals surface area contributed by atoms with Gasteiger partial charge in [0.15, 0.2) is 0 Å². The minimum absolute atomic E-state index is 0.124. The van der Waals surface area contributed by atoms with Crippen molar-refractivity contribution in [1.82, 2.24) is 0 Å². The summed E-state index contributed by atoms with van der Waals surface area (Å²) in [5, 5.41) is 0. The van der Waals surface area contributed by atoms with Crippen LogP contribution in [0.15, 0.2) is 18.2 Å². The summed E-state index contributed by atoms with van der Waals surface area (Å²) in [6, 6.07) is 3.56. The number of hydrogen-bond donors (Lipinski definition) is 0. The average Bonchev–Trinajstić information content (AvgIpc) is 2.17. The van der Waals surface area contributed by atoms with Gasteiger partial charge in [0.2, 0.25) is 6.17 Å². The molecule has 2 nitrogen and oxygen atoms in total. The van der Waals surface area contributed by atoms with Crippen molar-refractivity contribution in [1.29, 1.82) is 0 Å².